The number of amides is 1. The summed E-state index contributed by atoms with van der Waals surface area (Å²) in [6.07, 6.45) is 3.58. The van der Waals surface area contributed by atoms with Gasteiger partial charge in [0.2, 0.25) is 0 Å². The van der Waals surface area contributed by atoms with E-state index >= 15 is 0 Å². The van der Waals surface area contributed by atoms with Crippen LogP contribution in [-0.2, 0) is 0 Å². The maximum Gasteiger partial charge on any atom is 0.251 e. The molecule has 0 aromatic heterocycles. The molecule has 19 heavy (non-hydrogen) atoms. The Morgan fingerprint density at radius 1 is 1.37 bits per heavy atom. The van der Waals surface area contributed by atoms with Gasteiger partial charge in [-0.2, -0.15) is 0 Å². The number of anilines is 1. The third kappa shape index (κ3) is 4.11. The van der Waals surface area contributed by atoms with E-state index in [1.807, 2.05) is 0 Å². The average Bonchev–Trinajstić information content (AvgIpc) is 2.91. The fraction of sp³-hybridized carbons (Fsp3) is 0.500. The minimum absolute atomic E-state index is 0.0928. The van der Waals surface area contributed by atoms with Gasteiger partial charge in [0.1, 0.15) is 0 Å². The van der Waals surface area contributed by atoms with Gasteiger partial charge in [0.15, 0.2) is 0 Å². The molecular formula is C14H20ClN3O. The Balaban J connectivity index is 1.72. The van der Waals surface area contributed by atoms with Gasteiger partial charge < -0.3 is 16.0 Å². The van der Waals surface area contributed by atoms with Crippen molar-refractivity contribution in [1.29, 1.82) is 0 Å². The number of nitrogens with zero attached hydrogens (tertiary/aromatic N) is 1. The Labute approximate surface area is 118 Å². The Hall–Kier alpha value is -1.26. The molecule has 1 aromatic rings. The minimum atomic E-state index is -0.0928. The highest BCUT2D eigenvalue weighted by molar-refractivity contribution is 6.33. The average molecular weight is 282 g/mol. The zero-order valence-corrected chi connectivity index (χ0v) is 11.7. The van der Waals surface area contributed by atoms with Crippen molar-refractivity contribution in [2.24, 2.45) is 0 Å². The first-order valence-electron chi connectivity index (χ1n) is 6.72. The smallest absolute Gasteiger partial charge is 0.251 e. The predicted molar refractivity (Wildman–Crippen MR) is 78.5 cm³/mol. The second-order valence-corrected chi connectivity index (χ2v) is 5.30. The van der Waals surface area contributed by atoms with Gasteiger partial charge in [0.25, 0.3) is 5.91 Å². The first-order chi connectivity index (χ1) is 9.16. The van der Waals surface area contributed by atoms with E-state index in [4.69, 9.17) is 17.3 Å². The van der Waals surface area contributed by atoms with Crippen LogP contribution in [0, 0.1) is 0 Å². The molecule has 1 aliphatic heterocycles. The van der Waals surface area contributed by atoms with Gasteiger partial charge in [-0.25, -0.2) is 0 Å². The third-order valence-electron chi connectivity index (χ3n) is 3.39. The molecule has 1 saturated heterocycles. The lowest BCUT2D eigenvalue weighted by Crippen LogP contribution is -2.28. The van der Waals surface area contributed by atoms with Gasteiger partial charge in [-0.15, -0.1) is 0 Å². The molecule has 4 nitrogen and oxygen atoms in total. The van der Waals surface area contributed by atoms with Crippen LogP contribution in [0.25, 0.3) is 0 Å². The fourth-order valence-electron chi connectivity index (χ4n) is 2.30. The Morgan fingerprint density at radius 3 is 2.79 bits per heavy atom. The highest BCUT2D eigenvalue weighted by Crippen LogP contribution is 2.19. The van der Waals surface area contributed by atoms with E-state index in [-0.39, 0.29) is 5.91 Å². The van der Waals surface area contributed by atoms with Crippen molar-refractivity contribution in [3.63, 3.8) is 0 Å². The molecule has 2 rings (SSSR count). The molecule has 0 radical (unpaired) electrons. The number of nitrogens with one attached hydrogen (secondary N) is 1. The number of nitrogen functional groups attached to an aromatic ring is 1. The normalized spacial score (nSPS) is 15.6. The lowest BCUT2D eigenvalue weighted by atomic mass is 10.2. The number of halogens is 1. The SMILES string of the molecule is Nc1cc(C(=O)NCCCN2CCCC2)ccc1Cl. The summed E-state index contributed by atoms with van der Waals surface area (Å²) in [6.45, 7) is 4.14. The Kier molecular flexibility index (Phi) is 5.05. The van der Waals surface area contributed by atoms with Gasteiger partial charge in [-0.1, -0.05) is 11.6 Å². The van der Waals surface area contributed by atoms with Gasteiger partial charge in [0, 0.05) is 12.1 Å². The van der Waals surface area contributed by atoms with Crippen LogP contribution >= 0.6 is 11.6 Å². The highest BCUT2D eigenvalue weighted by Gasteiger charge is 2.11. The molecule has 3 N–H and O–H groups in total. The number of carbonyl (C=O) groups is 1. The van der Waals surface area contributed by atoms with E-state index in [1.165, 1.54) is 25.9 Å². The summed E-state index contributed by atoms with van der Waals surface area (Å²) < 4.78 is 0. The molecule has 1 heterocycles. The maximum atomic E-state index is 11.9. The van der Waals surface area contributed by atoms with Crippen LogP contribution in [0.3, 0.4) is 0 Å². The molecule has 1 aromatic carbocycles. The quantitative estimate of drug-likeness (QED) is 0.642. The topological polar surface area (TPSA) is 58.4 Å². The second kappa shape index (κ2) is 6.78. The molecule has 1 fully saturated rings. The van der Waals surface area contributed by atoms with Crippen LogP contribution in [-0.4, -0.2) is 37.0 Å². The van der Waals surface area contributed by atoms with Crippen molar-refractivity contribution in [3.05, 3.63) is 28.8 Å². The van der Waals surface area contributed by atoms with Crippen LogP contribution in [0.2, 0.25) is 5.02 Å². The second-order valence-electron chi connectivity index (χ2n) is 4.89. The summed E-state index contributed by atoms with van der Waals surface area (Å²) in [4.78, 5) is 14.3. The molecule has 0 atom stereocenters. The number of likely N-dealkylation sites (tertiary alicyclic amines) is 1. The van der Waals surface area contributed by atoms with E-state index in [9.17, 15) is 4.79 Å². The zero-order chi connectivity index (χ0) is 13.7. The van der Waals surface area contributed by atoms with Crippen LogP contribution in [0.4, 0.5) is 5.69 Å². The van der Waals surface area contributed by atoms with Gasteiger partial charge in [-0.3, -0.25) is 4.79 Å². The third-order valence-corrected chi connectivity index (χ3v) is 3.74. The number of nitrogens with two attached hydrogens (primary N) is 1. The van der Waals surface area contributed by atoms with Crippen molar-refractivity contribution in [2.45, 2.75) is 19.3 Å². The Morgan fingerprint density at radius 2 is 2.11 bits per heavy atom. The maximum absolute atomic E-state index is 11.9. The van der Waals surface area contributed by atoms with Crippen molar-refractivity contribution < 1.29 is 4.79 Å². The monoisotopic (exact) mass is 281 g/mol. The van der Waals surface area contributed by atoms with Crippen LogP contribution < -0.4 is 11.1 Å². The number of benzene rings is 1. The van der Waals surface area contributed by atoms with E-state index < -0.39 is 0 Å². The van der Waals surface area contributed by atoms with Crippen LogP contribution in [0.15, 0.2) is 18.2 Å². The summed E-state index contributed by atoms with van der Waals surface area (Å²) in [5, 5.41) is 3.38. The number of carbonyl (C=O) groups excluding carboxylic acids is 1. The van der Waals surface area contributed by atoms with Crippen molar-refractivity contribution >= 4 is 23.2 Å². The lowest BCUT2D eigenvalue weighted by molar-refractivity contribution is 0.0952. The zero-order valence-electron chi connectivity index (χ0n) is 11.0. The van der Waals surface area contributed by atoms with Gasteiger partial charge in [-0.05, 0) is 57.1 Å². The molecule has 0 spiro atoms. The first-order valence-corrected chi connectivity index (χ1v) is 7.10. The molecule has 104 valence electrons. The highest BCUT2D eigenvalue weighted by atomic mass is 35.5. The molecule has 0 unspecified atom stereocenters. The fourth-order valence-corrected chi connectivity index (χ4v) is 2.42. The van der Waals surface area contributed by atoms with Crippen LogP contribution in [0.1, 0.15) is 29.6 Å². The molecule has 5 heteroatoms. The molecule has 1 aliphatic rings. The molecular weight excluding hydrogens is 262 g/mol. The van der Waals surface area contributed by atoms with E-state index in [0.29, 0.717) is 22.8 Å². The van der Waals surface area contributed by atoms with E-state index in [2.05, 4.69) is 10.2 Å². The number of hydrogen-bond donors (Lipinski definition) is 2. The van der Waals surface area contributed by atoms with Crippen molar-refractivity contribution in [1.82, 2.24) is 10.2 Å². The molecule has 0 bridgehead atoms. The number of hydrogen-bond acceptors (Lipinski definition) is 3. The number of rotatable bonds is 5. The largest absolute Gasteiger partial charge is 0.398 e. The van der Waals surface area contributed by atoms with Crippen molar-refractivity contribution in [2.75, 3.05) is 31.9 Å². The molecule has 1 amide bonds. The predicted octanol–water partition coefficient (Wildman–Crippen LogP) is 2.14. The summed E-state index contributed by atoms with van der Waals surface area (Å²) in [5.74, 6) is -0.0928. The lowest BCUT2D eigenvalue weighted by Gasteiger charge is -2.14. The minimum Gasteiger partial charge on any atom is -0.398 e. The standard InChI is InChI=1S/C14H20ClN3O/c15-12-5-4-11(10-13(12)16)14(19)17-6-3-9-18-7-1-2-8-18/h4-5,10H,1-3,6-9,16H2,(H,17,19). The molecule has 0 saturated carbocycles. The van der Waals surface area contributed by atoms with Gasteiger partial charge >= 0.3 is 0 Å². The first kappa shape index (κ1) is 14.2. The van der Waals surface area contributed by atoms with E-state index in [0.717, 1.165) is 13.0 Å². The summed E-state index contributed by atoms with van der Waals surface area (Å²) in [7, 11) is 0. The van der Waals surface area contributed by atoms with Crippen molar-refractivity contribution in [3.8, 4) is 0 Å². The summed E-state index contributed by atoms with van der Waals surface area (Å²) >= 11 is 5.82. The molecule has 0 aliphatic carbocycles. The van der Waals surface area contributed by atoms with E-state index in [1.54, 1.807) is 18.2 Å². The van der Waals surface area contributed by atoms with Gasteiger partial charge in [0.05, 0.1) is 10.7 Å². The Bertz CT molecular complexity index is 444. The summed E-state index contributed by atoms with van der Waals surface area (Å²) in [5.41, 5.74) is 6.67. The van der Waals surface area contributed by atoms with Crippen LogP contribution in [0.5, 0.6) is 0 Å². The summed E-state index contributed by atoms with van der Waals surface area (Å²) in [6, 6.07) is 4.95.